The average Bonchev–Trinajstić information content (AvgIpc) is 2.45. The van der Waals surface area contributed by atoms with Crippen molar-refractivity contribution in [2.75, 3.05) is 12.4 Å². The summed E-state index contributed by atoms with van der Waals surface area (Å²) in [5, 5.41) is 13.1. The normalized spacial score (nSPS) is 11.4. The molecular weight excluding hydrogens is 294 g/mol. The third-order valence-electron chi connectivity index (χ3n) is 3.45. The van der Waals surface area contributed by atoms with E-state index in [9.17, 15) is 9.90 Å². The first-order valence-corrected chi connectivity index (χ1v) is 8.32. The van der Waals surface area contributed by atoms with Crippen LogP contribution in [0.3, 0.4) is 0 Å². The summed E-state index contributed by atoms with van der Waals surface area (Å²) in [7, 11) is 0. The van der Waals surface area contributed by atoms with Gasteiger partial charge in [0.1, 0.15) is 0 Å². The SMILES string of the molecule is CCC(CC)(CO)NC(=O)CSCc1cccc(Cl)c1. The van der Waals surface area contributed by atoms with E-state index in [0.29, 0.717) is 10.8 Å². The maximum Gasteiger partial charge on any atom is 0.230 e. The summed E-state index contributed by atoms with van der Waals surface area (Å²) in [6, 6.07) is 7.64. The van der Waals surface area contributed by atoms with Crippen molar-refractivity contribution in [1.29, 1.82) is 0 Å². The predicted octanol–water partition coefficient (Wildman–Crippen LogP) is 3.24. The number of carbonyl (C=O) groups excluding carboxylic acids is 1. The Kier molecular flexibility index (Phi) is 7.41. The van der Waals surface area contributed by atoms with Crippen molar-refractivity contribution < 1.29 is 9.90 Å². The number of benzene rings is 1. The van der Waals surface area contributed by atoms with Crippen molar-refractivity contribution in [3.63, 3.8) is 0 Å². The van der Waals surface area contributed by atoms with Gasteiger partial charge in [-0.3, -0.25) is 4.79 Å². The molecule has 2 N–H and O–H groups in total. The number of aliphatic hydroxyl groups excluding tert-OH is 1. The van der Waals surface area contributed by atoms with Crippen LogP contribution >= 0.6 is 23.4 Å². The van der Waals surface area contributed by atoms with Crippen molar-refractivity contribution in [2.24, 2.45) is 0 Å². The maximum atomic E-state index is 11.9. The zero-order chi connectivity index (χ0) is 15.0. The topological polar surface area (TPSA) is 49.3 Å². The summed E-state index contributed by atoms with van der Waals surface area (Å²) < 4.78 is 0. The molecule has 0 unspecified atom stereocenters. The molecule has 20 heavy (non-hydrogen) atoms. The lowest BCUT2D eigenvalue weighted by Gasteiger charge is -2.30. The fraction of sp³-hybridized carbons (Fsp3) is 0.533. The minimum atomic E-state index is -0.478. The van der Waals surface area contributed by atoms with Crippen LogP contribution in [0.25, 0.3) is 0 Å². The molecule has 112 valence electrons. The van der Waals surface area contributed by atoms with Gasteiger partial charge in [-0.25, -0.2) is 0 Å². The van der Waals surface area contributed by atoms with Gasteiger partial charge in [0.2, 0.25) is 5.91 Å². The second kappa shape index (κ2) is 8.55. The second-order valence-electron chi connectivity index (χ2n) is 4.82. The van der Waals surface area contributed by atoms with Crippen molar-refractivity contribution in [3.8, 4) is 0 Å². The molecule has 0 atom stereocenters. The van der Waals surface area contributed by atoms with Gasteiger partial charge in [-0.05, 0) is 30.5 Å². The predicted molar refractivity (Wildman–Crippen MR) is 86.2 cm³/mol. The molecule has 0 saturated heterocycles. The number of aliphatic hydroxyl groups is 1. The molecular formula is C15H22ClNO2S. The van der Waals surface area contributed by atoms with Gasteiger partial charge in [0.05, 0.1) is 17.9 Å². The third-order valence-corrected chi connectivity index (χ3v) is 4.69. The minimum Gasteiger partial charge on any atom is -0.394 e. The smallest absolute Gasteiger partial charge is 0.230 e. The molecule has 0 radical (unpaired) electrons. The highest BCUT2D eigenvalue weighted by molar-refractivity contribution is 7.99. The number of halogens is 1. The quantitative estimate of drug-likeness (QED) is 0.774. The third kappa shape index (κ3) is 5.35. The Morgan fingerprint density at radius 3 is 2.65 bits per heavy atom. The summed E-state index contributed by atoms with van der Waals surface area (Å²) in [4.78, 5) is 11.9. The van der Waals surface area contributed by atoms with E-state index in [1.165, 1.54) is 0 Å². The van der Waals surface area contributed by atoms with Gasteiger partial charge >= 0.3 is 0 Å². The van der Waals surface area contributed by atoms with Gasteiger partial charge < -0.3 is 10.4 Å². The van der Waals surface area contributed by atoms with Crippen LogP contribution in [0.2, 0.25) is 5.02 Å². The molecule has 0 saturated carbocycles. The van der Waals surface area contributed by atoms with E-state index in [-0.39, 0.29) is 12.5 Å². The molecule has 0 aliphatic heterocycles. The van der Waals surface area contributed by atoms with Crippen molar-refractivity contribution in [3.05, 3.63) is 34.9 Å². The number of hydrogen-bond acceptors (Lipinski definition) is 3. The summed E-state index contributed by atoms with van der Waals surface area (Å²) in [5.41, 5.74) is 0.628. The first-order valence-electron chi connectivity index (χ1n) is 6.79. The summed E-state index contributed by atoms with van der Waals surface area (Å²) >= 11 is 7.46. The van der Waals surface area contributed by atoms with Crippen LogP contribution in [0.1, 0.15) is 32.3 Å². The van der Waals surface area contributed by atoms with Gasteiger partial charge in [-0.15, -0.1) is 11.8 Å². The standard InChI is InChI=1S/C15H22ClNO2S/c1-3-15(4-2,11-18)17-14(19)10-20-9-12-6-5-7-13(16)8-12/h5-8,18H,3-4,9-11H2,1-2H3,(H,17,19). The number of rotatable bonds is 8. The van der Waals surface area contributed by atoms with E-state index < -0.39 is 5.54 Å². The van der Waals surface area contributed by atoms with Crippen LogP contribution in [-0.2, 0) is 10.5 Å². The fourth-order valence-electron chi connectivity index (χ4n) is 1.91. The molecule has 0 aromatic heterocycles. The molecule has 3 nitrogen and oxygen atoms in total. The summed E-state index contributed by atoms with van der Waals surface area (Å²) in [5.74, 6) is 1.10. The molecule has 1 amide bonds. The zero-order valence-corrected chi connectivity index (χ0v) is 13.6. The zero-order valence-electron chi connectivity index (χ0n) is 12.0. The molecule has 1 aromatic carbocycles. The van der Waals surface area contributed by atoms with E-state index in [0.717, 1.165) is 24.2 Å². The number of thioether (sulfide) groups is 1. The van der Waals surface area contributed by atoms with Crippen molar-refractivity contribution in [1.82, 2.24) is 5.32 Å². The van der Waals surface area contributed by atoms with E-state index in [1.807, 2.05) is 38.1 Å². The first-order chi connectivity index (χ1) is 9.55. The molecule has 0 bridgehead atoms. The number of hydrogen-bond donors (Lipinski definition) is 2. The largest absolute Gasteiger partial charge is 0.394 e. The highest BCUT2D eigenvalue weighted by atomic mass is 35.5. The van der Waals surface area contributed by atoms with Gasteiger partial charge in [0.15, 0.2) is 0 Å². The van der Waals surface area contributed by atoms with Gasteiger partial charge in [0, 0.05) is 10.8 Å². The summed E-state index contributed by atoms with van der Waals surface area (Å²) in [6.45, 7) is 3.92. The lowest BCUT2D eigenvalue weighted by molar-refractivity contribution is -0.121. The number of amides is 1. The lowest BCUT2D eigenvalue weighted by atomic mass is 9.94. The highest BCUT2D eigenvalue weighted by Crippen LogP contribution is 2.18. The van der Waals surface area contributed by atoms with Crippen LogP contribution in [0.4, 0.5) is 0 Å². The van der Waals surface area contributed by atoms with Crippen molar-refractivity contribution >= 4 is 29.3 Å². The van der Waals surface area contributed by atoms with Crippen LogP contribution in [0.5, 0.6) is 0 Å². The molecule has 0 aliphatic carbocycles. The van der Waals surface area contributed by atoms with Crippen LogP contribution in [-0.4, -0.2) is 28.9 Å². The van der Waals surface area contributed by atoms with E-state index in [2.05, 4.69) is 5.32 Å². The first kappa shape index (κ1) is 17.3. The Labute approximate surface area is 130 Å². The second-order valence-corrected chi connectivity index (χ2v) is 6.24. The Bertz CT molecular complexity index is 427. The Balaban J connectivity index is 2.40. The van der Waals surface area contributed by atoms with E-state index in [4.69, 9.17) is 11.6 Å². The Morgan fingerprint density at radius 2 is 2.10 bits per heavy atom. The van der Waals surface area contributed by atoms with Gasteiger partial charge in [-0.1, -0.05) is 37.6 Å². The number of nitrogens with one attached hydrogen (secondary N) is 1. The fourth-order valence-corrected chi connectivity index (χ4v) is 2.90. The van der Waals surface area contributed by atoms with Gasteiger partial charge in [0.25, 0.3) is 0 Å². The average molecular weight is 316 g/mol. The van der Waals surface area contributed by atoms with Crippen LogP contribution in [0.15, 0.2) is 24.3 Å². The Hall–Kier alpha value is -0.710. The molecule has 5 heteroatoms. The van der Waals surface area contributed by atoms with Gasteiger partial charge in [-0.2, -0.15) is 0 Å². The molecule has 1 rings (SSSR count). The monoisotopic (exact) mass is 315 g/mol. The molecule has 0 aliphatic rings. The molecule has 1 aromatic rings. The molecule has 0 spiro atoms. The minimum absolute atomic E-state index is 0.0231. The lowest BCUT2D eigenvalue weighted by Crippen LogP contribution is -2.51. The summed E-state index contributed by atoms with van der Waals surface area (Å²) in [6.07, 6.45) is 1.45. The van der Waals surface area contributed by atoms with Crippen LogP contribution < -0.4 is 5.32 Å². The van der Waals surface area contributed by atoms with Crippen LogP contribution in [0, 0.1) is 0 Å². The highest BCUT2D eigenvalue weighted by Gasteiger charge is 2.26. The van der Waals surface area contributed by atoms with E-state index in [1.54, 1.807) is 11.8 Å². The maximum absolute atomic E-state index is 11.9. The molecule has 0 heterocycles. The number of carbonyl (C=O) groups is 1. The molecule has 0 fully saturated rings. The van der Waals surface area contributed by atoms with Crippen molar-refractivity contribution in [2.45, 2.75) is 38.0 Å². The van der Waals surface area contributed by atoms with E-state index >= 15 is 0 Å². The Morgan fingerprint density at radius 1 is 1.40 bits per heavy atom.